The van der Waals surface area contributed by atoms with Crippen LogP contribution in [0.2, 0.25) is 0 Å². The molecule has 0 N–H and O–H groups in total. The van der Waals surface area contributed by atoms with Crippen molar-refractivity contribution in [3.05, 3.63) is 29.8 Å². The lowest BCUT2D eigenvalue weighted by molar-refractivity contribution is -0.147. The third-order valence-corrected chi connectivity index (χ3v) is 3.12. The first-order chi connectivity index (χ1) is 9.25. The van der Waals surface area contributed by atoms with Gasteiger partial charge in [0.2, 0.25) is 0 Å². The van der Waals surface area contributed by atoms with Crippen molar-refractivity contribution in [2.75, 3.05) is 13.7 Å². The van der Waals surface area contributed by atoms with Crippen molar-refractivity contribution < 1.29 is 27.4 Å². The van der Waals surface area contributed by atoms with E-state index in [4.69, 9.17) is 4.74 Å². The lowest BCUT2D eigenvalue weighted by Crippen LogP contribution is -2.24. The maximum absolute atomic E-state index is 12.4. The van der Waals surface area contributed by atoms with E-state index in [-0.39, 0.29) is 24.4 Å². The van der Waals surface area contributed by atoms with Crippen LogP contribution in [-0.4, -0.2) is 19.7 Å². The molecule has 0 radical (unpaired) electrons. The summed E-state index contributed by atoms with van der Waals surface area (Å²) in [5.41, 5.74) is -0.721. The summed E-state index contributed by atoms with van der Waals surface area (Å²) in [7, 11) is 1.31. The highest BCUT2D eigenvalue weighted by Crippen LogP contribution is 2.30. The summed E-state index contributed by atoms with van der Waals surface area (Å²) in [6.45, 7) is 3.75. The molecule has 0 saturated heterocycles. The Morgan fingerprint density at radius 1 is 1.20 bits per heavy atom. The van der Waals surface area contributed by atoms with Crippen molar-refractivity contribution in [1.82, 2.24) is 0 Å². The molecule has 0 fully saturated rings. The van der Waals surface area contributed by atoms with E-state index in [1.54, 1.807) is 6.92 Å². The molecule has 2 unspecified atom stereocenters. The number of ether oxygens (including phenoxy) is 2. The van der Waals surface area contributed by atoms with Crippen LogP contribution < -0.4 is 4.74 Å². The number of rotatable bonds is 5. The Hall–Kier alpha value is -1.72. The first-order valence-electron chi connectivity index (χ1n) is 6.13. The van der Waals surface area contributed by atoms with E-state index in [1.165, 1.54) is 19.2 Å². The zero-order chi connectivity index (χ0) is 15.3. The largest absolute Gasteiger partial charge is 0.493 e. The molecule has 1 aromatic carbocycles. The van der Waals surface area contributed by atoms with E-state index in [1.807, 2.05) is 6.92 Å². The molecular weight excluding hydrogens is 273 g/mol. The van der Waals surface area contributed by atoms with Crippen LogP contribution in [0, 0.1) is 11.8 Å². The summed E-state index contributed by atoms with van der Waals surface area (Å²) in [6, 6.07) is 4.45. The van der Waals surface area contributed by atoms with Gasteiger partial charge in [-0.25, -0.2) is 0 Å². The minimum atomic E-state index is -4.36. The van der Waals surface area contributed by atoms with E-state index in [0.717, 1.165) is 12.1 Å². The third-order valence-electron chi connectivity index (χ3n) is 3.12. The number of esters is 1. The minimum Gasteiger partial charge on any atom is -0.493 e. The fraction of sp³-hybridized carbons (Fsp3) is 0.500. The molecule has 0 aliphatic heterocycles. The lowest BCUT2D eigenvalue weighted by atomic mass is 9.97. The second-order valence-corrected chi connectivity index (χ2v) is 4.62. The molecule has 20 heavy (non-hydrogen) atoms. The molecule has 0 aromatic heterocycles. The van der Waals surface area contributed by atoms with Crippen molar-refractivity contribution in [2.24, 2.45) is 11.8 Å². The molecule has 0 amide bonds. The summed E-state index contributed by atoms with van der Waals surface area (Å²) in [5.74, 6) is -0.449. The van der Waals surface area contributed by atoms with Crippen LogP contribution in [0.25, 0.3) is 0 Å². The van der Waals surface area contributed by atoms with E-state index >= 15 is 0 Å². The number of methoxy groups -OCH3 is 1. The number of alkyl halides is 3. The van der Waals surface area contributed by atoms with Crippen LogP contribution >= 0.6 is 0 Å². The van der Waals surface area contributed by atoms with Gasteiger partial charge in [0, 0.05) is 5.92 Å². The van der Waals surface area contributed by atoms with Crippen molar-refractivity contribution in [3.63, 3.8) is 0 Å². The second-order valence-electron chi connectivity index (χ2n) is 4.62. The van der Waals surface area contributed by atoms with E-state index in [0.29, 0.717) is 5.75 Å². The highest BCUT2D eigenvalue weighted by molar-refractivity contribution is 5.72. The summed E-state index contributed by atoms with van der Waals surface area (Å²) in [6.07, 6.45) is -4.36. The molecule has 0 spiro atoms. The van der Waals surface area contributed by atoms with Gasteiger partial charge in [-0.3, -0.25) is 4.79 Å². The smallest absolute Gasteiger partial charge is 0.416 e. The number of hydrogen-bond donors (Lipinski definition) is 0. The van der Waals surface area contributed by atoms with Gasteiger partial charge in [-0.15, -0.1) is 0 Å². The van der Waals surface area contributed by atoms with Gasteiger partial charge in [0.25, 0.3) is 0 Å². The number of carbonyl (C=O) groups is 1. The standard InChI is InChI=1S/C14H17F3O3/c1-9(10(2)13(18)19-3)8-20-12-6-4-11(5-7-12)14(15,16)17/h4-7,9-10H,8H2,1-3H3. The molecule has 0 aliphatic carbocycles. The van der Waals surface area contributed by atoms with Crippen molar-refractivity contribution >= 4 is 5.97 Å². The fourth-order valence-corrected chi connectivity index (χ4v) is 1.53. The summed E-state index contributed by atoms with van der Waals surface area (Å²) in [4.78, 5) is 11.3. The predicted octanol–water partition coefficient (Wildman–Crippen LogP) is 3.53. The number of halogens is 3. The average Bonchev–Trinajstić information content (AvgIpc) is 2.42. The minimum absolute atomic E-state index is 0.107. The quantitative estimate of drug-likeness (QED) is 0.778. The molecule has 112 valence electrons. The first kappa shape index (κ1) is 16.3. The van der Waals surface area contributed by atoms with Crippen LogP contribution in [0.5, 0.6) is 5.75 Å². The van der Waals surface area contributed by atoms with Gasteiger partial charge in [0.15, 0.2) is 0 Å². The lowest BCUT2D eigenvalue weighted by Gasteiger charge is -2.18. The van der Waals surface area contributed by atoms with E-state index < -0.39 is 11.7 Å². The van der Waals surface area contributed by atoms with E-state index in [2.05, 4.69) is 4.74 Å². The van der Waals surface area contributed by atoms with Gasteiger partial charge < -0.3 is 9.47 Å². The molecule has 0 heterocycles. The highest BCUT2D eigenvalue weighted by Gasteiger charge is 2.30. The van der Waals surface area contributed by atoms with Gasteiger partial charge in [-0.05, 0) is 24.3 Å². The number of carbonyl (C=O) groups excluding carboxylic acids is 1. The number of benzene rings is 1. The van der Waals surface area contributed by atoms with Gasteiger partial charge in [0.05, 0.1) is 25.2 Å². The van der Waals surface area contributed by atoms with Crippen LogP contribution in [0.15, 0.2) is 24.3 Å². The van der Waals surface area contributed by atoms with Crippen molar-refractivity contribution in [2.45, 2.75) is 20.0 Å². The Balaban J connectivity index is 2.56. The van der Waals surface area contributed by atoms with Gasteiger partial charge in [-0.2, -0.15) is 13.2 Å². The average molecular weight is 290 g/mol. The molecule has 0 bridgehead atoms. The Labute approximate surface area is 115 Å². The van der Waals surface area contributed by atoms with Crippen LogP contribution in [-0.2, 0) is 15.7 Å². The Morgan fingerprint density at radius 2 is 1.75 bits per heavy atom. The normalized spacial score (nSPS) is 14.5. The molecule has 1 rings (SSSR count). The van der Waals surface area contributed by atoms with Crippen molar-refractivity contribution in [3.8, 4) is 5.75 Å². The molecule has 6 heteroatoms. The third kappa shape index (κ3) is 4.43. The molecule has 3 nitrogen and oxygen atoms in total. The maximum Gasteiger partial charge on any atom is 0.416 e. The molecule has 2 atom stereocenters. The Bertz CT molecular complexity index is 440. The van der Waals surface area contributed by atoms with E-state index in [9.17, 15) is 18.0 Å². The zero-order valence-electron chi connectivity index (χ0n) is 11.5. The van der Waals surface area contributed by atoms with Crippen LogP contribution in [0.1, 0.15) is 19.4 Å². The Morgan fingerprint density at radius 3 is 2.20 bits per heavy atom. The van der Waals surface area contributed by atoms with Crippen LogP contribution in [0.4, 0.5) is 13.2 Å². The molecule has 0 saturated carbocycles. The highest BCUT2D eigenvalue weighted by atomic mass is 19.4. The summed E-state index contributed by atoms with van der Waals surface area (Å²) in [5, 5.41) is 0. The van der Waals surface area contributed by atoms with Crippen molar-refractivity contribution in [1.29, 1.82) is 0 Å². The fourth-order valence-electron chi connectivity index (χ4n) is 1.53. The SMILES string of the molecule is COC(=O)C(C)C(C)COc1ccc(C(F)(F)F)cc1. The van der Waals surface area contributed by atoms with Gasteiger partial charge in [-0.1, -0.05) is 13.8 Å². The predicted molar refractivity (Wildman–Crippen MR) is 67.3 cm³/mol. The second kappa shape index (κ2) is 6.63. The molecule has 1 aromatic rings. The zero-order valence-corrected chi connectivity index (χ0v) is 11.5. The summed E-state index contributed by atoms with van der Waals surface area (Å²) >= 11 is 0. The Kier molecular flexibility index (Phi) is 5.42. The van der Waals surface area contributed by atoms with Gasteiger partial charge >= 0.3 is 12.1 Å². The molecule has 0 aliphatic rings. The maximum atomic E-state index is 12.4. The van der Waals surface area contributed by atoms with Crippen LogP contribution in [0.3, 0.4) is 0 Å². The monoisotopic (exact) mass is 290 g/mol. The van der Waals surface area contributed by atoms with Gasteiger partial charge in [0.1, 0.15) is 5.75 Å². The summed E-state index contributed by atoms with van der Waals surface area (Å²) < 4.78 is 47.1. The number of hydrogen-bond acceptors (Lipinski definition) is 3. The topological polar surface area (TPSA) is 35.5 Å². The molecular formula is C14H17F3O3. The first-order valence-corrected chi connectivity index (χ1v) is 6.13.